The number of hydrogen-bond acceptors (Lipinski definition) is 4. The Morgan fingerprint density at radius 2 is 1.04 bits per heavy atom. The Morgan fingerprint density at radius 1 is 0.389 bits per heavy atom. The van der Waals surface area contributed by atoms with Crippen molar-refractivity contribution in [1.82, 2.24) is 0 Å². The zero-order valence-electron chi connectivity index (χ0n) is 28.9. The van der Waals surface area contributed by atoms with Crippen LogP contribution >= 0.6 is 22.7 Å². The Labute approximate surface area is 318 Å². The summed E-state index contributed by atoms with van der Waals surface area (Å²) in [6.45, 7) is 0. The molecule has 0 saturated carbocycles. The lowest BCUT2D eigenvalue weighted by Gasteiger charge is -2.27. The van der Waals surface area contributed by atoms with Crippen molar-refractivity contribution in [3.8, 4) is 11.1 Å². The summed E-state index contributed by atoms with van der Waals surface area (Å²) >= 11 is 3.71. The highest BCUT2D eigenvalue weighted by Crippen LogP contribution is 2.50. The van der Waals surface area contributed by atoms with Crippen LogP contribution < -0.4 is 4.90 Å². The van der Waals surface area contributed by atoms with Crippen molar-refractivity contribution in [1.29, 1.82) is 0 Å². The van der Waals surface area contributed by atoms with Gasteiger partial charge in [-0.3, -0.25) is 0 Å². The van der Waals surface area contributed by atoms with E-state index in [9.17, 15) is 0 Å². The molecule has 0 radical (unpaired) electrons. The molecule has 2 nitrogen and oxygen atoms in total. The smallest absolute Gasteiger partial charge is 0.143 e. The number of fused-ring (bicyclic) bond motifs is 13. The predicted molar refractivity (Wildman–Crippen MR) is 235 cm³/mol. The molecule has 3 aromatic heterocycles. The van der Waals surface area contributed by atoms with Gasteiger partial charge in [-0.1, -0.05) is 109 Å². The summed E-state index contributed by atoms with van der Waals surface area (Å²) in [7, 11) is 0. The molecular formula is C50H29NOS2. The van der Waals surface area contributed by atoms with E-state index < -0.39 is 0 Å². The molecule has 0 unspecified atom stereocenters. The van der Waals surface area contributed by atoms with Gasteiger partial charge in [0, 0.05) is 67.9 Å². The van der Waals surface area contributed by atoms with Gasteiger partial charge < -0.3 is 9.32 Å². The summed E-state index contributed by atoms with van der Waals surface area (Å²) in [4.78, 5) is 2.46. The van der Waals surface area contributed by atoms with Gasteiger partial charge in [0.2, 0.25) is 0 Å². The summed E-state index contributed by atoms with van der Waals surface area (Å²) in [6.07, 6.45) is 0. The second kappa shape index (κ2) is 11.5. The Hall–Kier alpha value is -6.46. The highest BCUT2D eigenvalue weighted by atomic mass is 32.1. The first-order chi connectivity index (χ1) is 26.8. The fourth-order valence-corrected chi connectivity index (χ4v) is 10.8. The molecule has 12 rings (SSSR count). The molecule has 4 heteroatoms. The molecule has 0 saturated heterocycles. The maximum Gasteiger partial charge on any atom is 0.143 e. The fraction of sp³-hybridized carbons (Fsp3) is 0. The van der Waals surface area contributed by atoms with Crippen LogP contribution in [-0.2, 0) is 0 Å². The summed E-state index contributed by atoms with van der Waals surface area (Å²) in [5.41, 5.74) is 7.70. The van der Waals surface area contributed by atoms with Gasteiger partial charge in [-0.2, -0.15) is 0 Å². The molecule has 0 fully saturated rings. The van der Waals surface area contributed by atoms with Crippen molar-refractivity contribution in [2.45, 2.75) is 0 Å². The molecule has 3 heterocycles. The van der Waals surface area contributed by atoms with Crippen LogP contribution in [0.25, 0.3) is 95.0 Å². The molecule has 54 heavy (non-hydrogen) atoms. The van der Waals surface area contributed by atoms with Crippen LogP contribution in [0.2, 0.25) is 0 Å². The average Bonchev–Trinajstić information content (AvgIpc) is 3.92. The number of nitrogens with zero attached hydrogens (tertiary/aromatic N) is 1. The highest BCUT2D eigenvalue weighted by Gasteiger charge is 2.23. The number of anilines is 3. The molecule has 0 aliphatic heterocycles. The maximum absolute atomic E-state index is 6.72. The van der Waals surface area contributed by atoms with Crippen LogP contribution in [0.15, 0.2) is 180 Å². The van der Waals surface area contributed by atoms with Crippen molar-refractivity contribution >= 4 is 124 Å². The second-order valence-corrected chi connectivity index (χ2v) is 16.2. The van der Waals surface area contributed by atoms with Crippen LogP contribution in [0.4, 0.5) is 17.1 Å². The summed E-state index contributed by atoms with van der Waals surface area (Å²) in [5.74, 6) is 0. The van der Waals surface area contributed by atoms with Crippen molar-refractivity contribution in [3.05, 3.63) is 176 Å². The van der Waals surface area contributed by atoms with Gasteiger partial charge in [0.05, 0.1) is 5.69 Å². The van der Waals surface area contributed by atoms with Gasteiger partial charge in [-0.15, -0.1) is 22.7 Å². The topological polar surface area (TPSA) is 16.4 Å². The minimum Gasteiger partial charge on any atom is -0.455 e. The van der Waals surface area contributed by atoms with Crippen molar-refractivity contribution in [3.63, 3.8) is 0 Å². The molecular weight excluding hydrogens is 695 g/mol. The van der Waals surface area contributed by atoms with Crippen LogP contribution in [0.5, 0.6) is 0 Å². The normalized spacial score (nSPS) is 12.1. The summed E-state index contributed by atoms with van der Waals surface area (Å²) in [6, 6.07) is 64.2. The SMILES string of the molecule is c1ccc2c(-c3ccc(N(c4ccc5sc6ccccc6c5c4)c4cccc5sc6ccc7oc8c9ccccc9ccc8c7c6c45)cc3)cccc2c1. The third kappa shape index (κ3) is 4.38. The average molecular weight is 724 g/mol. The van der Waals surface area contributed by atoms with Crippen LogP contribution in [0.3, 0.4) is 0 Å². The zero-order chi connectivity index (χ0) is 35.3. The quantitative estimate of drug-likeness (QED) is 0.180. The number of benzene rings is 9. The van der Waals surface area contributed by atoms with E-state index in [1.54, 1.807) is 0 Å². The lowest BCUT2D eigenvalue weighted by atomic mass is 9.98. The molecule has 0 bridgehead atoms. The first-order valence-corrected chi connectivity index (χ1v) is 19.9. The van der Waals surface area contributed by atoms with Crippen LogP contribution in [0, 0.1) is 0 Å². The molecule has 9 aromatic carbocycles. The standard InChI is InChI=1S/C50H29NOS2/c1-3-12-35-30(9-1)11-7-15-36(35)32-19-22-33(23-20-32)51(34-24-27-44-40(29-34)38-14-5-6-17-43(38)53-44)41-16-8-18-45-48(41)49-46(54-45)28-26-42-47(49)39-25-21-31-10-2-4-13-37(31)50(39)52-42/h1-29H. The van der Waals surface area contributed by atoms with E-state index in [0.717, 1.165) is 39.0 Å². The maximum atomic E-state index is 6.72. The third-order valence-corrected chi connectivity index (χ3v) is 13.3. The molecule has 0 aliphatic rings. The van der Waals surface area contributed by atoms with Gasteiger partial charge in [0.15, 0.2) is 0 Å². The molecule has 0 amide bonds. The largest absolute Gasteiger partial charge is 0.455 e. The Balaban J connectivity index is 1.14. The van der Waals surface area contributed by atoms with E-state index in [1.807, 2.05) is 22.7 Å². The van der Waals surface area contributed by atoms with E-state index in [1.165, 1.54) is 73.0 Å². The third-order valence-electron chi connectivity index (χ3n) is 11.0. The van der Waals surface area contributed by atoms with Gasteiger partial charge in [-0.05, 0) is 94.0 Å². The second-order valence-electron chi connectivity index (χ2n) is 14.0. The Bertz CT molecular complexity index is 3450. The van der Waals surface area contributed by atoms with E-state index in [0.29, 0.717) is 0 Å². The molecule has 0 atom stereocenters. The lowest BCUT2D eigenvalue weighted by molar-refractivity contribution is 0.673. The van der Waals surface area contributed by atoms with E-state index in [-0.39, 0.29) is 0 Å². The number of furan rings is 1. The van der Waals surface area contributed by atoms with E-state index in [2.05, 4.69) is 181 Å². The first kappa shape index (κ1) is 30.0. The minimum atomic E-state index is 0.917. The van der Waals surface area contributed by atoms with Crippen molar-refractivity contribution in [2.75, 3.05) is 4.90 Å². The minimum absolute atomic E-state index is 0.917. The first-order valence-electron chi connectivity index (χ1n) is 18.2. The fourth-order valence-electron chi connectivity index (χ4n) is 8.62. The highest BCUT2D eigenvalue weighted by molar-refractivity contribution is 7.26. The lowest BCUT2D eigenvalue weighted by Crippen LogP contribution is -2.10. The Morgan fingerprint density at radius 3 is 1.93 bits per heavy atom. The van der Waals surface area contributed by atoms with E-state index in [4.69, 9.17) is 4.42 Å². The molecule has 252 valence electrons. The monoisotopic (exact) mass is 723 g/mol. The van der Waals surface area contributed by atoms with Gasteiger partial charge in [0.1, 0.15) is 11.2 Å². The predicted octanol–water partition coefficient (Wildman–Crippen LogP) is 15.8. The van der Waals surface area contributed by atoms with Gasteiger partial charge >= 0.3 is 0 Å². The number of thiophene rings is 2. The molecule has 0 spiro atoms. The molecule has 12 aromatic rings. The zero-order valence-corrected chi connectivity index (χ0v) is 30.5. The van der Waals surface area contributed by atoms with Gasteiger partial charge in [-0.25, -0.2) is 0 Å². The van der Waals surface area contributed by atoms with Crippen LogP contribution in [-0.4, -0.2) is 0 Å². The van der Waals surface area contributed by atoms with Crippen molar-refractivity contribution in [2.24, 2.45) is 0 Å². The molecule has 0 aliphatic carbocycles. The van der Waals surface area contributed by atoms with Crippen LogP contribution in [0.1, 0.15) is 0 Å². The molecule has 0 N–H and O–H groups in total. The number of hydrogen-bond donors (Lipinski definition) is 0. The van der Waals surface area contributed by atoms with Crippen molar-refractivity contribution < 1.29 is 4.42 Å². The van der Waals surface area contributed by atoms with Gasteiger partial charge in [0.25, 0.3) is 0 Å². The Kier molecular flexibility index (Phi) is 6.41. The van der Waals surface area contributed by atoms with E-state index >= 15 is 0 Å². The summed E-state index contributed by atoms with van der Waals surface area (Å²) < 4.78 is 11.8. The summed E-state index contributed by atoms with van der Waals surface area (Å²) in [5, 5.41) is 12.2. The number of rotatable bonds is 4.